The molecule has 0 aliphatic carbocycles. The quantitative estimate of drug-likeness (QED) is 0.442. The van der Waals surface area contributed by atoms with Crippen LogP contribution in [-0.2, 0) is 23.8 Å². The Labute approximate surface area is 124 Å². The summed E-state index contributed by atoms with van der Waals surface area (Å²) >= 11 is 0. The average Bonchev–Trinajstić information content (AvgIpc) is 2.86. The molecule has 120 valence electrons. The number of esters is 2. The van der Waals surface area contributed by atoms with Gasteiger partial charge in [0.05, 0.1) is 14.2 Å². The zero-order chi connectivity index (χ0) is 16.2. The van der Waals surface area contributed by atoms with Crippen molar-refractivity contribution >= 4 is 18.0 Å². The number of nitrogens with zero attached hydrogens (tertiary/aromatic N) is 1. The number of hydrogen-bond donors (Lipinski definition) is 0. The van der Waals surface area contributed by atoms with E-state index in [1.807, 2.05) is 0 Å². The lowest BCUT2D eigenvalue weighted by atomic mass is 9.91. The van der Waals surface area contributed by atoms with Crippen molar-refractivity contribution in [2.45, 2.75) is 32.8 Å². The number of ether oxygens (including phenoxy) is 3. The van der Waals surface area contributed by atoms with Crippen LogP contribution in [0.2, 0.25) is 0 Å². The van der Waals surface area contributed by atoms with Crippen LogP contribution in [0.25, 0.3) is 0 Å². The maximum Gasteiger partial charge on any atom is 0.410 e. The van der Waals surface area contributed by atoms with Gasteiger partial charge in [0.1, 0.15) is 5.60 Å². The summed E-state index contributed by atoms with van der Waals surface area (Å²) in [7, 11) is 2.44. The molecule has 1 amide bonds. The summed E-state index contributed by atoms with van der Waals surface area (Å²) in [5, 5.41) is 0. The lowest BCUT2D eigenvalue weighted by Crippen LogP contribution is -2.38. The van der Waals surface area contributed by atoms with Crippen LogP contribution in [-0.4, -0.2) is 55.8 Å². The average molecular weight is 301 g/mol. The predicted octanol–water partition coefficient (Wildman–Crippen LogP) is 1.21. The van der Waals surface area contributed by atoms with Crippen molar-refractivity contribution in [2.75, 3.05) is 27.3 Å². The second-order valence-corrected chi connectivity index (χ2v) is 6.00. The molecule has 7 nitrogen and oxygen atoms in total. The first-order chi connectivity index (χ1) is 9.69. The smallest absolute Gasteiger partial charge is 0.410 e. The van der Waals surface area contributed by atoms with E-state index in [4.69, 9.17) is 4.74 Å². The second-order valence-electron chi connectivity index (χ2n) is 6.00. The van der Waals surface area contributed by atoms with Crippen LogP contribution in [0.15, 0.2) is 0 Å². The van der Waals surface area contributed by atoms with E-state index in [-0.39, 0.29) is 12.5 Å². The van der Waals surface area contributed by atoms with Gasteiger partial charge in [-0.3, -0.25) is 9.59 Å². The predicted molar refractivity (Wildman–Crippen MR) is 73.4 cm³/mol. The van der Waals surface area contributed by atoms with E-state index < -0.39 is 29.6 Å². The van der Waals surface area contributed by atoms with Crippen molar-refractivity contribution in [3.63, 3.8) is 0 Å². The van der Waals surface area contributed by atoms with E-state index in [9.17, 15) is 14.4 Å². The van der Waals surface area contributed by atoms with Gasteiger partial charge in [-0.15, -0.1) is 0 Å². The van der Waals surface area contributed by atoms with Crippen molar-refractivity contribution in [3.05, 3.63) is 0 Å². The fourth-order valence-corrected chi connectivity index (χ4v) is 2.29. The van der Waals surface area contributed by atoms with Gasteiger partial charge in [-0.1, -0.05) is 0 Å². The molecular formula is C14H23NO6. The normalized spacial score (nSPS) is 18.6. The Hall–Kier alpha value is -1.79. The summed E-state index contributed by atoms with van der Waals surface area (Å²) in [6, 6.07) is 0. The zero-order valence-corrected chi connectivity index (χ0v) is 13.2. The first kappa shape index (κ1) is 17.3. The van der Waals surface area contributed by atoms with Crippen LogP contribution in [0.3, 0.4) is 0 Å². The van der Waals surface area contributed by atoms with E-state index in [2.05, 4.69) is 9.47 Å². The molecule has 0 N–H and O–H groups in total. The monoisotopic (exact) mass is 301 g/mol. The molecule has 1 rings (SSSR count). The Morgan fingerprint density at radius 1 is 1.10 bits per heavy atom. The van der Waals surface area contributed by atoms with E-state index in [1.165, 1.54) is 19.1 Å². The standard InChI is InChI=1S/C14H23NO6/c1-14(2,3)21-13(18)15-7-6-9(8-15)10(11(16)19-4)12(17)20-5/h9-10H,6-8H2,1-5H3/t9-/m0/s1. The molecule has 0 saturated carbocycles. The lowest BCUT2D eigenvalue weighted by molar-refractivity contribution is -0.161. The summed E-state index contributed by atoms with van der Waals surface area (Å²) in [6.45, 7) is 6.05. The van der Waals surface area contributed by atoms with Crippen LogP contribution >= 0.6 is 0 Å². The molecule has 0 aromatic rings. The molecule has 1 atom stereocenters. The lowest BCUT2D eigenvalue weighted by Gasteiger charge is -2.25. The summed E-state index contributed by atoms with van der Waals surface area (Å²) in [6.07, 6.45) is 0.0761. The first-order valence-corrected chi connectivity index (χ1v) is 6.83. The van der Waals surface area contributed by atoms with Gasteiger partial charge in [0.15, 0.2) is 5.92 Å². The number of amides is 1. The molecule has 7 heteroatoms. The Balaban J connectivity index is 2.72. The molecule has 21 heavy (non-hydrogen) atoms. The van der Waals surface area contributed by atoms with Crippen LogP contribution in [0.1, 0.15) is 27.2 Å². The third-order valence-corrected chi connectivity index (χ3v) is 3.26. The van der Waals surface area contributed by atoms with Gasteiger partial charge in [-0.05, 0) is 27.2 Å². The molecule has 0 aromatic carbocycles. The number of methoxy groups -OCH3 is 2. The minimum Gasteiger partial charge on any atom is -0.468 e. The molecule has 1 heterocycles. The Kier molecular flexibility index (Phi) is 5.57. The zero-order valence-electron chi connectivity index (χ0n) is 13.2. The number of likely N-dealkylation sites (tertiary alicyclic amines) is 1. The highest BCUT2D eigenvalue weighted by Gasteiger charge is 2.42. The number of rotatable bonds is 3. The van der Waals surface area contributed by atoms with Crippen LogP contribution < -0.4 is 0 Å². The molecule has 1 fully saturated rings. The molecule has 1 aliphatic heterocycles. The molecular weight excluding hydrogens is 278 g/mol. The molecule has 0 radical (unpaired) electrons. The van der Waals surface area contributed by atoms with Gasteiger partial charge in [-0.2, -0.15) is 0 Å². The summed E-state index contributed by atoms with van der Waals surface area (Å²) in [4.78, 5) is 37.0. The molecule has 0 aromatic heterocycles. The highest BCUT2D eigenvalue weighted by molar-refractivity contribution is 5.95. The van der Waals surface area contributed by atoms with Crippen LogP contribution in [0, 0.1) is 11.8 Å². The Morgan fingerprint density at radius 2 is 1.62 bits per heavy atom. The highest BCUT2D eigenvalue weighted by atomic mass is 16.6. The Bertz CT molecular complexity index is 398. The molecule has 0 spiro atoms. The second kappa shape index (κ2) is 6.78. The number of carbonyl (C=O) groups excluding carboxylic acids is 3. The van der Waals surface area contributed by atoms with Gasteiger partial charge in [-0.25, -0.2) is 4.79 Å². The summed E-state index contributed by atoms with van der Waals surface area (Å²) < 4.78 is 14.6. The van der Waals surface area contributed by atoms with Crippen LogP contribution in [0.4, 0.5) is 4.79 Å². The maximum absolute atomic E-state index is 12.0. The third kappa shape index (κ3) is 4.61. The molecule has 1 saturated heterocycles. The molecule has 0 bridgehead atoms. The molecule has 1 aliphatic rings. The van der Waals surface area contributed by atoms with Gasteiger partial charge in [0, 0.05) is 19.0 Å². The third-order valence-electron chi connectivity index (χ3n) is 3.26. The van der Waals surface area contributed by atoms with Gasteiger partial charge in [0.25, 0.3) is 0 Å². The SMILES string of the molecule is COC(=O)C(C(=O)OC)[C@H]1CCN(C(=O)OC(C)(C)C)C1. The van der Waals surface area contributed by atoms with Gasteiger partial charge < -0.3 is 19.1 Å². The van der Waals surface area contributed by atoms with E-state index in [0.29, 0.717) is 13.0 Å². The van der Waals surface area contributed by atoms with Crippen molar-refractivity contribution in [1.29, 1.82) is 0 Å². The molecule has 0 unspecified atom stereocenters. The highest BCUT2D eigenvalue weighted by Crippen LogP contribution is 2.27. The first-order valence-electron chi connectivity index (χ1n) is 6.83. The fraction of sp³-hybridized carbons (Fsp3) is 0.786. The fourth-order valence-electron chi connectivity index (χ4n) is 2.29. The van der Waals surface area contributed by atoms with E-state index >= 15 is 0 Å². The number of hydrogen-bond acceptors (Lipinski definition) is 6. The van der Waals surface area contributed by atoms with Gasteiger partial charge in [0.2, 0.25) is 0 Å². The minimum atomic E-state index is -1.01. The van der Waals surface area contributed by atoms with Gasteiger partial charge >= 0.3 is 18.0 Å². The largest absolute Gasteiger partial charge is 0.468 e. The van der Waals surface area contributed by atoms with Crippen molar-refractivity contribution in [2.24, 2.45) is 11.8 Å². The minimum absolute atomic E-state index is 0.268. The Morgan fingerprint density at radius 3 is 2.05 bits per heavy atom. The topological polar surface area (TPSA) is 82.1 Å². The van der Waals surface area contributed by atoms with E-state index in [0.717, 1.165) is 0 Å². The number of carbonyl (C=O) groups is 3. The van der Waals surface area contributed by atoms with Crippen molar-refractivity contribution in [1.82, 2.24) is 4.90 Å². The van der Waals surface area contributed by atoms with Crippen LogP contribution in [0.5, 0.6) is 0 Å². The van der Waals surface area contributed by atoms with E-state index in [1.54, 1.807) is 20.8 Å². The summed E-state index contributed by atoms with van der Waals surface area (Å²) in [5.41, 5.74) is -0.584. The van der Waals surface area contributed by atoms with Crippen molar-refractivity contribution < 1.29 is 28.6 Å². The summed E-state index contributed by atoms with van der Waals surface area (Å²) in [5.74, 6) is -2.61. The van der Waals surface area contributed by atoms with Crippen molar-refractivity contribution in [3.8, 4) is 0 Å². The maximum atomic E-state index is 12.0.